The number of nitrogens with zero attached hydrogens (tertiary/aromatic N) is 1. The Morgan fingerprint density at radius 3 is 2.54 bits per heavy atom. The van der Waals surface area contributed by atoms with Crippen molar-refractivity contribution in [3.8, 4) is 0 Å². The first-order chi connectivity index (χ1) is 6.09. The highest BCUT2D eigenvalue weighted by Gasteiger charge is 2.47. The standard InChI is InChI=1S/C9H14N2OS/c1-5(8(10)13)9(12)11-3-6-2-7(6)4-11/h5-7H,2-4H2,1H3,(H2,10,13). The van der Waals surface area contributed by atoms with Crippen LogP contribution in [0.1, 0.15) is 13.3 Å². The number of hydrogen-bond donors (Lipinski definition) is 1. The summed E-state index contributed by atoms with van der Waals surface area (Å²) in [6.07, 6.45) is 1.31. The van der Waals surface area contributed by atoms with E-state index in [-0.39, 0.29) is 11.8 Å². The highest BCUT2D eigenvalue weighted by Crippen LogP contribution is 2.45. The third-order valence-corrected chi connectivity index (χ3v) is 3.44. The molecule has 2 rings (SSSR count). The van der Waals surface area contributed by atoms with Crippen molar-refractivity contribution in [3.05, 3.63) is 0 Å². The van der Waals surface area contributed by atoms with Gasteiger partial charge in [0.25, 0.3) is 0 Å². The van der Waals surface area contributed by atoms with Crippen molar-refractivity contribution in [1.29, 1.82) is 0 Å². The molecule has 72 valence electrons. The second kappa shape index (κ2) is 2.94. The van der Waals surface area contributed by atoms with Crippen molar-refractivity contribution >= 4 is 23.1 Å². The molecule has 13 heavy (non-hydrogen) atoms. The minimum absolute atomic E-state index is 0.111. The van der Waals surface area contributed by atoms with Crippen molar-refractivity contribution < 1.29 is 4.79 Å². The van der Waals surface area contributed by atoms with Crippen LogP contribution < -0.4 is 5.73 Å². The molecule has 2 aliphatic rings. The van der Waals surface area contributed by atoms with Gasteiger partial charge in [-0.15, -0.1) is 0 Å². The summed E-state index contributed by atoms with van der Waals surface area (Å²) >= 11 is 4.80. The molecule has 2 N–H and O–H groups in total. The van der Waals surface area contributed by atoms with Crippen LogP contribution in [0.25, 0.3) is 0 Å². The molecule has 0 aromatic carbocycles. The first kappa shape index (κ1) is 8.94. The molecule has 3 unspecified atom stereocenters. The highest BCUT2D eigenvalue weighted by molar-refractivity contribution is 7.80. The van der Waals surface area contributed by atoms with E-state index in [9.17, 15) is 4.79 Å². The number of likely N-dealkylation sites (tertiary alicyclic amines) is 1. The molecule has 4 heteroatoms. The Hall–Kier alpha value is -0.640. The summed E-state index contributed by atoms with van der Waals surface area (Å²) in [4.78, 5) is 13.9. The number of thiocarbonyl (C=S) groups is 1. The maximum Gasteiger partial charge on any atom is 0.232 e. The van der Waals surface area contributed by atoms with Gasteiger partial charge in [0.05, 0.1) is 10.9 Å². The van der Waals surface area contributed by atoms with Gasteiger partial charge in [-0.1, -0.05) is 12.2 Å². The van der Waals surface area contributed by atoms with Gasteiger partial charge in [-0.05, 0) is 25.2 Å². The summed E-state index contributed by atoms with van der Waals surface area (Å²) < 4.78 is 0. The minimum Gasteiger partial charge on any atom is -0.393 e. The lowest BCUT2D eigenvalue weighted by atomic mass is 10.1. The number of hydrogen-bond acceptors (Lipinski definition) is 2. The summed E-state index contributed by atoms with van der Waals surface area (Å²) in [6, 6.07) is 0. The Morgan fingerprint density at radius 2 is 2.08 bits per heavy atom. The summed E-state index contributed by atoms with van der Waals surface area (Å²) in [7, 11) is 0. The molecular weight excluding hydrogens is 184 g/mol. The van der Waals surface area contributed by atoms with Gasteiger partial charge in [-0.2, -0.15) is 0 Å². The van der Waals surface area contributed by atoms with E-state index in [1.165, 1.54) is 6.42 Å². The van der Waals surface area contributed by atoms with Crippen molar-refractivity contribution in [2.45, 2.75) is 13.3 Å². The van der Waals surface area contributed by atoms with Gasteiger partial charge in [0.15, 0.2) is 0 Å². The third-order valence-electron chi connectivity index (χ3n) is 3.09. The fourth-order valence-corrected chi connectivity index (χ4v) is 2.07. The van der Waals surface area contributed by atoms with Gasteiger partial charge in [0.2, 0.25) is 5.91 Å². The van der Waals surface area contributed by atoms with Crippen LogP contribution >= 0.6 is 12.2 Å². The van der Waals surface area contributed by atoms with Crippen LogP contribution in [0.3, 0.4) is 0 Å². The fourth-order valence-electron chi connectivity index (χ4n) is 1.97. The lowest BCUT2D eigenvalue weighted by Crippen LogP contribution is -2.39. The van der Waals surface area contributed by atoms with Gasteiger partial charge in [0, 0.05) is 13.1 Å². The van der Waals surface area contributed by atoms with E-state index in [0.717, 1.165) is 24.9 Å². The Kier molecular flexibility index (Phi) is 2.02. The highest BCUT2D eigenvalue weighted by atomic mass is 32.1. The molecular formula is C9H14N2OS. The molecule has 1 aliphatic carbocycles. The Balaban J connectivity index is 1.93. The van der Waals surface area contributed by atoms with Crippen molar-refractivity contribution in [1.82, 2.24) is 4.90 Å². The van der Waals surface area contributed by atoms with Gasteiger partial charge < -0.3 is 10.6 Å². The molecule has 1 saturated heterocycles. The van der Waals surface area contributed by atoms with Crippen LogP contribution in [0.5, 0.6) is 0 Å². The number of fused-ring (bicyclic) bond motifs is 1. The van der Waals surface area contributed by atoms with Crippen molar-refractivity contribution in [2.24, 2.45) is 23.5 Å². The molecule has 0 aromatic heterocycles. The van der Waals surface area contributed by atoms with Crippen LogP contribution in [-0.4, -0.2) is 28.9 Å². The van der Waals surface area contributed by atoms with Crippen LogP contribution in [0.15, 0.2) is 0 Å². The van der Waals surface area contributed by atoms with Gasteiger partial charge >= 0.3 is 0 Å². The molecule has 0 bridgehead atoms. The van der Waals surface area contributed by atoms with E-state index in [0.29, 0.717) is 4.99 Å². The monoisotopic (exact) mass is 198 g/mol. The van der Waals surface area contributed by atoms with Gasteiger partial charge in [0.1, 0.15) is 0 Å². The van der Waals surface area contributed by atoms with Crippen LogP contribution in [0.4, 0.5) is 0 Å². The zero-order valence-electron chi connectivity index (χ0n) is 7.69. The zero-order chi connectivity index (χ0) is 9.59. The van der Waals surface area contributed by atoms with Crippen LogP contribution in [-0.2, 0) is 4.79 Å². The quantitative estimate of drug-likeness (QED) is 0.653. The second-order valence-corrected chi connectivity index (χ2v) is 4.59. The lowest BCUT2D eigenvalue weighted by molar-refractivity contribution is -0.132. The van der Waals surface area contributed by atoms with Crippen molar-refractivity contribution in [2.75, 3.05) is 13.1 Å². The summed E-state index contributed by atoms with van der Waals surface area (Å²) in [5, 5.41) is 0. The topological polar surface area (TPSA) is 46.3 Å². The normalized spacial score (nSPS) is 32.5. The molecule has 1 saturated carbocycles. The molecule has 1 heterocycles. The SMILES string of the molecule is CC(C(=O)N1CC2CC2C1)C(N)=S. The molecule has 0 aromatic rings. The molecule has 3 nitrogen and oxygen atoms in total. The third kappa shape index (κ3) is 1.55. The van der Waals surface area contributed by atoms with E-state index in [4.69, 9.17) is 18.0 Å². The lowest BCUT2D eigenvalue weighted by Gasteiger charge is -2.21. The zero-order valence-corrected chi connectivity index (χ0v) is 8.51. The number of nitrogens with two attached hydrogens (primary N) is 1. The van der Waals surface area contributed by atoms with E-state index >= 15 is 0 Å². The average Bonchev–Trinajstić information content (AvgIpc) is 2.71. The maximum atomic E-state index is 11.7. The van der Waals surface area contributed by atoms with Crippen LogP contribution in [0, 0.1) is 17.8 Å². The smallest absolute Gasteiger partial charge is 0.232 e. The van der Waals surface area contributed by atoms with E-state index in [1.807, 2.05) is 4.90 Å². The summed E-state index contributed by atoms with van der Waals surface area (Å²) in [5.41, 5.74) is 5.43. The van der Waals surface area contributed by atoms with Gasteiger partial charge in [-0.25, -0.2) is 0 Å². The number of carbonyl (C=O) groups is 1. The second-order valence-electron chi connectivity index (χ2n) is 4.12. The Morgan fingerprint density at radius 1 is 1.54 bits per heavy atom. The first-order valence-electron chi connectivity index (χ1n) is 4.67. The summed E-state index contributed by atoms with van der Waals surface area (Å²) in [6.45, 7) is 3.64. The number of amides is 1. The van der Waals surface area contributed by atoms with E-state index in [2.05, 4.69) is 0 Å². The van der Waals surface area contributed by atoms with Crippen LogP contribution in [0.2, 0.25) is 0 Å². The number of piperidine rings is 1. The fraction of sp³-hybridized carbons (Fsp3) is 0.778. The van der Waals surface area contributed by atoms with E-state index in [1.54, 1.807) is 6.92 Å². The predicted molar refractivity (Wildman–Crippen MR) is 54.1 cm³/mol. The Bertz CT molecular complexity index is 256. The maximum absolute atomic E-state index is 11.7. The number of carbonyl (C=O) groups excluding carboxylic acids is 1. The predicted octanol–water partition coefficient (Wildman–Crippen LogP) is 0.387. The molecule has 0 spiro atoms. The summed E-state index contributed by atoms with van der Waals surface area (Å²) in [5.74, 6) is 1.39. The van der Waals surface area contributed by atoms with Gasteiger partial charge in [-0.3, -0.25) is 4.79 Å². The average molecular weight is 198 g/mol. The van der Waals surface area contributed by atoms with Crippen molar-refractivity contribution in [3.63, 3.8) is 0 Å². The molecule has 0 radical (unpaired) electrons. The molecule has 1 aliphatic heterocycles. The molecule has 1 amide bonds. The Labute approximate surface area is 83.3 Å². The molecule has 3 atom stereocenters. The van der Waals surface area contributed by atoms with E-state index < -0.39 is 0 Å². The molecule has 2 fully saturated rings. The first-order valence-corrected chi connectivity index (χ1v) is 5.08. The largest absolute Gasteiger partial charge is 0.393 e. The number of rotatable bonds is 2. The minimum atomic E-state index is -0.285.